The van der Waals surface area contributed by atoms with Gasteiger partial charge in [-0.1, -0.05) is 44.2 Å². The van der Waals surface area contributed by atoms with Crippen LogP contribution in [0.25, 0.3) is 0 Å². The number of aromatic nitrogens is 1. The van der Waals surface area contributed by atoms with Gasteiger partial charge < -0.3 is 20.5 Å². The van der Waals surface area contributed by atoms with E-state index in [4.69, 9.17) is 4.74 Å². The molecule has 2 rings (SSSR count). The van der Waals surface area contributed by atoms with Crippen molar-refractivity contribution in [1.29, 1.82) is 0 Å². The number of carboxylic acids is 1. The minimum atomic E-state index is -1.08. The Morgan fingerprint density at radius 1 is 1.00 bits per heavy atom. The molecule has 2 amide bonds. The summed E-state index contributed by atoms with van der Waals surface area (Å²) >= 11 is 0. The molecule has 0 saturated heterocycles. The quantitative estimate of drug-likeness (QED) is 0.545. The van der Waals surface area contributed by atoms with Crippen molar-refractivity contribution in [2.24, 2.45) is 5.92 Å². The molecule has 0 saturated carbocycles. The number of benzene rings is 1. The average molecular weight is 414 g/mol. The van der Waals surface area contributed by atoms with E-state index in [0.717, 1.165) is 5.56 Å². The van der Waals surface area contributed by atoms with Crippen molar-refractivity contribution in [3.05, 3.63) is 66.0 Å². The van der Waals surface area contributed by atoms with Gasteiger partial charge in [0, 0.05) is 18.2 Å². The van der Waals surface area contributed by atoms with Crippen molar-refractivity contribution in [2.45, 2.75) is 46.0 Å². The number of alkyl carbamates (subject to hydrolysis) is 1. The van der Waals surface area contributed by atoms with Crippen molar-refractivity contribution in [3.8, 4) is 0 Å². The van der Waals surface area contributed by atoms with E-state index in [-0.39, 0.29) is 18.7 Å². The van der Waals surface area contributed by atoms with E-state index in [1.54, 1.807) is 30.8 Å². The SMILES string of the molecule is CC(C)[C@H](NC(=O)c1cc[n+](COC(=O)N[C@@H](C)Cc2ccccc2)cc1)C(=O)O. The fourth-order valence-corrected chi connectivity index (χ4v) is 2.83. The first-order chi connectivity index (χ1) is 14.3. The van der Waals surface area contributed by atoms with Gasteiger partial charge in [0.15, 0.2) is 12.4 Å². The standard InChI is InChI=1S/C22H27N3O5/c1-15(2)19(21(27)28)24-20(26)18-9-11-25(12-10-18)14-30-22(29)23-16(3)13-17-7-5-4-6-8-17/h4-12,15-16,19H,13-14H2,1-3H3,(H2-,23,24,26,27,28,29)/p+1/t16-,19-/m0/s1. The van der Waals surface area contributed by atoms with E-state index in [1.807, 2.05) is 37.3 Å². The van der Waals surface area contributed by atoms with Crippen LogP contribution in [0.3, 0.4) is 0 Å². The predicted octanol–water partition coefficient (Wildman–Crippen LogP) is 2.13. The van der Waals surface area contributed by atoms with Gasteiger partial charge in [-0.25, -0.2) is 9.59 Å². The summed E-state index contributed by atoms with van der Waals surface area (Å²) < 4.78 is 6.79. The van der Waals surface area contributed by atoms with Crippen molar-refractivity contribution in [3.63, 3.8) is 0 Å². The van der Waals surface area contributed by atoms with Gasteiger partial charge in [0.05, 0.1) is 5.56 Å². The summed E-state index contributed by atoms with van der Waals surface area (Å²) in [5.74, 6) is -1.79. The topological polar surface area (TPSA) is 109 Å². The first-order valence-corrected chi connectivity index (χ1v) is 9.76. The Balaban J connectivity index is 1.81. The molecule has 0 radical (unpaired) electrons. The van der Waals surface area contributed by atoms with Gasteiger partial charge in [-0.3, -0.25) is 4.79 Å². The largest absolute Gasteiger partial charge is 0.480 e. The van der Waals surface area contributed by atoms with E-state index in [1.165, 1.54) is 12.1 Å². The molecule has 0 aliphatic rings. The fraction of sp³-hybridized carbons (Fsp3) is 0.364. The molecule has 8 nitrogen and oxygen atoms in total. The Hall–Kier alpha value is -3.42. The summed E-state index contributed by atoms with van der Waals surface area (Å²) in [4.78, 5) is 35.4. The zero-order chi connectivity index (χ0) is 22.1. The molecule has 0 aliphatic heterocycles. The summed E-state index contributed by atoms with van der Waals surface area (Å²) in [6.07, 6.45) is 3.33. The predicted molar refractivity (Wildman–Crippen MR) is 110 cm³/mol. The molecule has 0 unspecified atom stereocenters. The number of amides is 2. The zero-order valence-electron chi connectivity index (χ0n) is 17.4. The van der Waals surface area contributed by atoms with Gasteiger partial charge in [-0.2, -0.15) is 4.57 Å². The van der Waals surface area contributed by atoms with Crippen LogP contribution in [0.1, 0.15) is 36.7 Å². The molecule has 1 heterocycles. The number of carbonyl (C=O) groups is 3. The van der Waals surface area contributed by atoms with Crippen LogP contribution in [0.4, 0.5) is 4.79 Å². The van der Waals surface area contributed by atoms with Crippen LogP contribution < -0.4 is 15.2 Å². The van der Waals surface area contributed by atoms with Gasteiger partial charge in [0.25, 0.3) is 12.6 Å². The highest BCUT2D eigenvalue weighted by molar-refractivity contribution is 5.96. The molecule has 8 heteroatoms. The van der Waals surface area contributed by atoms with Gasteiger partial charge in [-0.15, -0.1) is 0 Å². The van der Waals surface area contributed by atoms with E-state index in [9.17, 15) is 19.5 Å². The number of rotatable bonds is 9. The highest BCUT2D eigenvalue weighted by Gasteiger charge is 2.24. The summed E-state index contributed by atoms with van der Waals surface area (Å²) in [6.45, 7) is 5.33. The summed E-state index contributed by atoms with van der Waals surface area (Å²) in [7, 11) is 0. The van der Waals surface area contributed by atoms with Crippen molar-refractivity contribution < 1.29 is 28.8 Å². The Labute approximate surface area is 175 Å². The Morgan fingerprint density at radius 2 is 1.63 bits per heavy atom. The van der Waals surface area contributed by atoms with E-state index in [0.29, 0.717) is 12.0 Å². The van der Waals surface area contributed by atoms with Crippen molar-refractivity contribution in [1.82, 2.24) is 10.6 Å². The third-order valence-corrected chi connectivity index (χ3v) is 4.47. The van der Waals surface area contributed by atoms with Crippen LogP contribution >= 0.6 is 0 Å². The molecule has 2 atom stereocenters. The van der Waals surface area contributed by atoms with Gasteiger partial charge in [0.2, 0.25) is 0 Å². The van der Waals surface area contributed by atoms with Crippen LogP contribution in [0.5, 0.6) is 0 Å². The maximum atomic E-state index is 12.2. The third-order valence-electron chi connectivity index (χ3n) is 4.47. The molecule has 2 aromatic rings. The second-order valence-electron chi connectivity index (χ2n) is 7.43. The summed E-state index contributed by atoms with van der Waals surface area (Å²) in [5, 5.41) is 14.5. The van der Waals surface area contributed by atoms with Crippen molar-refractivity contribution in [2.75, 3.05) is 0 Å². The lowest BCUT2D eigenvalue weighted by Gasteiger charge is -2.17. The van der Waals surface area contributed by atoms with Crippen LogP contribution in [0, 0.1) is 5.92 Å². The number of hydrogen-bond acceptors (Lipinski definition) is 4. The number of ether oxygens (including phenoxy) is 1. The fourth-order valence-electron chi connectivity index (χ4n) is 2.83. The molecular weight excluding hydrogens is 386 g/mol. The van der Waals surface area contributed by atoms with E-state index < -0.39 is 24.0 Å². The number of nitrogens with one attached hydrogen (secondary N) is 2. The van der Waals surface area contributed by atoms with Gasteiger partial charge in [-0.05, 0) is 24.8 Å². The lowest BCUT2D eigenvalue weighted by atomic mass is 10.0. The molecular formula is C22H28N3O5+. The number of nitrogens with zero attached hydrogens (tertiary/aromatic N) is 1. The minimum absolute atomic E-state index is 0.0183. The molecule has 0 aliphatic carbocycles. The molecule has 30 heavy (non-hydrogen) atoms. The number of hydrogen-bond donors (Lipinski definition) is 3. The highest BCUT2D eigenvalue weighted by atomic mass is 16.6. The summed E-state index contributed by atoms with van der Waals surface area (Å²) in [6, 6.07) is 11.9. The Morgan fingerprint density at radius 3 is 2.20 bits per heavy atom. The van der Waals surface area contributed by atoms with Crippen molar-refractivity contribution >= 4 is 18.0 Å². The molecule has 1 aromatic heterocycles. The van der Waals surface area contributed by atoms with E-state index >= 15 is 0 Å². The van der Waals surface area contributed by atoms with Crippen LogP contribution in [0.2, 0.25) is 0 Å². The zero-order valence-corrected chi connectivity index (χ0v) is 17.4. The maximum absolute atomic E-state index is 12.2. The first-order valence-electron chi connectivity index (χ1n) is 9.76. The molecule has 160 valence electrons. The number of aliphatic carboxylic acids is 1. The second-order valence-corrected chi connectivity index (χ2v) is 7.43. The average Bonchev–Trinajstić information content (AvgIpc) is 2.70. The minimum Gasteiger partial charge on any atom is -0.480 e. The van der Waals surface area contributed by atoms with Gasteiger partial charge >= 0.3 is 12.1 Å². The van der Waals surface area contributed by atoms with E-state index in [2.05, 4.69) is 10.6 Å². The monoisotopic (exact) mass is 414 g/mol. The second kappa shape index (κ2) is 10.9. The maximum Gasteiger partial charge on any atom is 0.412 e. The molecule has 0 spiro atoms. The lowest BCUT2D eigenvalue weighted by Crippen LogP contribution is -2.44. The first kappa shape index (κ1) is 22.9. The normalized spacial score (nSPS) is 12.7. The number of pyridine rings is 1. The third kappa shape index (κ3) is 7.20. The lowest BCUT2D eigenvalue weighted by molar-refractivity contribution is -0.727. The van der Waals surface area contributed by atoms with Crippen LogP contribution in [-0.4, -0.2) is 35.2 Å². The molecule has 0 fully saturated rings. The van der Waals surface area contributed by atoms with Gasteiger partial charge in [0.1, 0.15) is 6.04 Å². The molecule has 1 aromatic carbocycles. The molecule has 0 bridgehead atoms. The Kier molecular flexibility index (Phi) is 8.34. The number of carboxylic acid groups (broad SMARTS) is 1. The smallest absolute Gasteiger partial charge is 0.412 e. The highest BCUT2D eigenvalue weighted by Crippen LogP contribution is 2.05. The van der Waals surface area contributed by atoms with Crippen LogP contribution in [-0.2, 0) is 22.7 Å². The molecule has 3 N–H and O–H groups in total. The summed E-state index contributed by atoms with van der Waals surface area (Å²) in [5.41, 5.74) is 1.44. The van der Waals surface area contributed by atoms with Crippen LogP contribution in [0.15, 0.2) is 54.9 Å². The number of carbonyl (C=O) groups excluding carboxylic acids is 2. The Bertz CT molecular complexity index is 853.